The van der Waals surface area contributed by atoms with Crippen molar-refractivity contribution in [3.05, 3.63) is 65.7 Å². The van der Waals surface area contributed by atoms with E-state index in [0.717, 1.165) is 12.1 Å². The molecule has 2 rings (SSSR count). The highest BCUT2D eigenvalue weighted by Crippen LogP contribution is 2.21. The quantitative estimate of drug-likeness (QED) is 0.809. The van der Waals surface area contributed by atoms with Crippen molar-refractivity contribution in [2.24, 2.45) is 0 Å². The Kier molecular flexibility index (Phi) is 5.49. The molecule has 0 heterocycles. The van der Waals surface area contributed by atoms with Gasteiger partial charge in [0.1, 0.15) is 0 Å². The molecule has 0 aliphatic carbocycles. The third kappa shape index (κ3) is 4.36. The van der Waals surface area contributed by atoms with Crippen LogP contribution in [0.15, 0.2) is 53.4 Å². The van der Waals surface area contributed by atoms with Crippen molar-refractivity contribution >= 4 is 9.84 Å². The Morgan fingerprint density at radius 1 is 1.04 bits per heavy atom. The van der Waals surface area contributed by atoms with Gasteiger partial charge in [-0.05, 0) is 43.8 Å². The number of nitrogens with zero attached hydrogens (tertiary/aromatic N) is 1. The van der Waals surface area contributed by atoms with Gasteiger partial charge in [-0.3, -0.25) is 4.90 Å². The number of rotatable bonds is 6. The summed E-state index contributed by atoms with van der Waals surface area (Å²) < 4.78 is 50.8. The maximum atomic E-state index is 13.3. The summed E-state index contributed by atoms with van der Waals surface area (Å²) in [5.74, 6) is -1.84. The lowest BCUT2D eigenvalue weighted by molar-refractivity contribution is 0.275. The Morgan fingerprint density at radius 3 is 2.30 bits per heavy atom. The van der Waals surface area contributed by atoms with Crippen LogP contribution in [0.3, 0.4) is 0 Å². The first-order valence-electron chi connectivity index (χ1n) is 7.24. The molecule has 0 aliphatic rings. The molecule has 0 saturated carbocycles. The van der Waals surface area contributed by atoms with Gasteiger partial charge in [0.15, 0.2) is 21.5 Å². The molecule has 0 amide bonds. The van der Waals surface area contributed by atoms with Gasteiger partial charge in [0.05, 0.1) is 10.6 Å². The van der Waals surface area contributed by atoms with Crippen molar-refractivity contribution in [1.29, 1.82) is 0 Å². The van der Waals surface area contributed by atoms with E-state index in [-0.39, 0.29) is 23.2 Å². The predicted molar refractivity (Wildman–Crippen MR) is 85.9 cm³/mol. The van der Waals surface area contributed by atoms with E-state index >= 15 is 0 Å². The highest BCUT2D eigenvalue weighted by Gasteiger charge is 2.18. The molecule has 0 saturated heterocycles. The van der Waals surface area contributed by atoms with Crippen LogP contribution in [0.1, 0.15) is 18.5 Å². The van der Waals surface area contributed by atoms with E-state index in [4.69, 9.17) is 0 Å². The average Bonchev–Trinajstić information content (AvgIpc) is 2.55. The van der Waals surface area contributed by atoms with E-state index in [1.807, 2.05) is 6.92 Å². The minimum absolute atomic E-state index is 0.0401. The summed E-state index contributed by atoms with van der Waals surface area (Å²) in [4.78, 5) is 2.08. The zero-order valence-electron chi connectivity index (χ0n) is 13.0. The minimum atomic E-state index is -3.36. The summed E-state index contributed by atoms with van der Waals surface area (Å²) in [6.45, 7) is 2.11. The highest BCUT2D eigenvalue weighted by molar-refractivity contribution is 7.91. The molecule has 2 aromatic rings. The molecular formula is C17H19F2NO2S. The fourth-order valence-corrected chi connectivity index (χ4v) is 3.57. The van der Waals surface area contributed by atoms with E-state index in [1.165, 1.54) is 6.07 Å². The lowest BCUT2D eigenvalue weighted by Crippen LogP contribution is -2.28. The van der Waals surface area contributed by atoms with Crippen molar-refractivity contribution < 1.29 is 17.2 Å². The standard InChI is InChI=1S/C17H19F2NO2S/c1-13(14-8-9-16(18)17(19)12-14)20(2)10-11-23(21,22)15-6-4-3-5-7-15/h3-9,12-13H,10-11H2,1-2H3. The van der Waals surface area contributed by atoms with Gasteiger partial charge in [-0.2, -0.15) is 0 Å². The summed E-state index contributed by atoms with van der Waals surface area (Å²) in [6, 6.07) is 11.7. The van der Waals surface area contributed by atoms with Crippen molar-refractivity contribution in [3.63, 3.8) is 0 Å². The van der Waals surface area contributed by atoms with Crippen LogP contribution in [0.2, 0.25) is 0 Å². The van der Waals surface area contributed by atoms with Crippen LogP contribution >= 0.6 is 0 Å². The third-order valence-corrected chi connectivity index (χ3v) is 5.61. The third-order valence-electron chi connectivity index (χ3n) is 3.90. The smallest absolute Gasteiger partial charge is 0.179 e. The Balaban J connectivity index is 2.04. The van der Waals surface area contributed by atoms with Crippen LogP contribution in [-0.2, 0) is 9.84 Å². The van der Waals surface area contributed by atoms with Crippen LogP contribution in [0.25, 0.3) is 0 Å². The van der Waals surface area contributed by atoms with Crippen molar-refractivity contribution in [1.82, 2.24) is 4.90 Å². The molecule has 1 unspecified atom stereocenters. The second-order valence-electron chi connectivity index (χ2n) is 5.46. The number of sulfone groups is 1. The van der Waals surface area contributed by atoms with Gasteiger partial charge < -0.3 is 0 Å². The van der Waals surface area contributed by atoms with Crippen LogP contribution in [0.4, 0.5) is 8.78 Å². The molecular weight excluding hydrogens is 320 g/mol. The Labute approximate surface area is 135 Å². The molecule has 0 aliphatic heterocycles. The van der Waals surface area contributed by atoms with Gasteiger partial charge in [-0.1, -0.05) is 24.3 Å². The molecule has 0 aromatic heterocycles. The van der Waals surface area contributed by atoms with Crippen molar-refractivity contribution in [2.45, 2.75) is 17.9 Å². The van der Waals surface area contributed by atoms with Crippen LogP contribution in [0, 0.1) is 11.6 Å². The summed E-state index contributed by atoms with van der Waals surface area (Å²) in [5, 5.41) is 0. The predicted octanol–water partition coefficient (Wildman–Crippen LogP) is 3.43. The molecule has 0 fully saturated rings. The van der Waals surface area contributed by atoms with E-state index in [1.54, 1.807) is 42.3 Å². The first-order chi connectivity index (χ1) is 10.8. The number of halogens is 2. The highest BCUT2D eigenvalue weighted by atomic mass is 32.2. The largest absolute Gasteiger partial charge is 0.299 e. The average molecular weight is 339 g/mol. The summed E-state index contributed by atoms with van der Waals surface area (Å²) in [7, 11) is -1.61. The molecule has 6 heteroatoms. The minimum Gasteiger partial charge on any atom is -0.299 e. The van der Waals surface area contributed by atoms with Crippen LogP contribution in [0.5, 0.6) is 0 Å². The monoisotopic (exact) mass is 339 g/mol. The fraction of sp³-hybridized carbons (Fsp3) is 0.294. The first-order valence-corrected chi connectivity index (χ1v) is 8.89. The summed E-state index contributed by atoms with van der Waals surface area (Å²) in [5.41, 5.74) is 0.600. The van der Waals surface area contributed by atoms with Gasteiger partial charge in [-0.25, -0.2) is 17.2 Å². The van der Waals surface area contributed by atoms with Crippen LogP contribution < -0.4 is 0 Å². The Hall–Kier alpha value is -1.79. The Morgan fingerprint density at radius 2 is 1.70 bits per heavy atom. The molecule has 2 aromatic carbocycles. The zero-order valence-corrected chi connectivity index (χ0v) is 13.9. The van der Waals surface area contributed by atoms with E-state index in [9.17, 15) is 17.2 Å². The SMILES string of the molecule is CC(c1ccc(F)c(F)c1)N(C)CCS(=O)(=O)c1ccccc1. The van der Waals surface area contributed by atoms with Crippen molar-refractivity contribution in [3.8, 4) is 0 Å². The fourth-order valence-electron chi connectivity index (χ4n) is 2.23. The van der Waals surface area contributed by atoms with E-state index < -0.39 is 21.5 Å². The zero-order chi connectivity index (χ0) is 17.0. The lowest BCUT2D eigenvalue weighted by atomic mass is 10.1. The van der Waals surface area contributed by atoms with Gasteiger partial charge >= 0.3 is 0 Å². The van der Waals surface area contributed by atoms with E-state index in [0.29, 0.717) is 5.56 Å². The first kappa shape index (κ1) is 17.6. The van der Waals surface area contributed by atoms with Crippen LogP contribution in [-0.4, -0.2) is 32.7 Å². The molecule has 23 heavy (non-hydrogen) atoms. The summed E-state index contributed by atoms with van der Waals surface area (Å²) in [6.07, 6.45) is 0. The van der Waals surface area contributed by atoms with Crippen molar-refractivity contribution in [2.75, 3.05) is 19.3 Å². The van der Waals surface area contributed by atoms with Gasteiger partial charge in [0.25, 0.3) is 0 Å². The van der Waals surface area contributed by atoms with Gasteiger partial charge in [0, 0.05) is 12.6 Å². The molecule has 0 spiro atoms. The molecule has 0 bridgehead atoms. The lowest BCUT2D eigenvalue weighted by Gasteiger charge is -2.25. The van der Waals surface area contributed by atoms with Gasteiger partial charge in [0.2, 0.25) is 0 Å². The topological polar surface area (TPSA) is 37.4 Å². The molecule has 1 atom stereocenters. The number of benzene rings is 2. The van der Waals surface area contributed by atoms with E-state index in [2.05, 4.69) is 0 Å². The number of hydrogen-bond donors (Lipinski definition) is 0. The molecule has 3 nitrogen and oxygen atoms in total. The Bertz CT molecular complexity index is 763. The number of hydrogen-bond acceptors (Lipinski definition) is 3. The normalized spacial score (nSPS) is 13.3. The summed E-state index contributed by atoms with van der Waals surface area (Å²) >= 11 is 0. The molecule has 0 N–H and O–H groups in total. The molecule has 0 radical (unpaired) electrons. The molecule has 124 valence electrons. The van der Waals surface area contributed by atoms with Gasteiger partial charge in [-0.15, -0.1) is 0 Å². The maximum Gasteiger partial charge on any atom is 0.179 e. The second kappa shape index (κ2) is 7.19. The second-order valence-corrected chi connectivity index (χ2v) is 7.57. The maximum absolute atomic E-state index is 13.3.